The molecule has 1 amide bonds. The second kappa shape index (κ2) is 7.57. The molecule has 0 radical (unpaired) electrons. The van der Waals surface area contributed by atoms with Crippen LogP contribution in [0.1, 0.15) is 28.9 Å². The summed E-state index contributed by atoms with van der Waals surface area (Å²) in [5.41, 5.74) is 0. The average molecular weight is 286 g/mol. The highest BCUT2D eigenvalue weighted by atomic mass is 32.1. The van der Waals surface area contributed by atoms with Crippen molar-refractivity contribution < 1.29 is 24.2 Å². The zero-order valence-electron chi connectivity index (χ0n) is 10.4. The number of rotatable bonds is 4. The van der Waals surface area contributed by atoms with Crippen molar-refractivity contribution >= 4 is 30.2 Å². The molecule has 0 bridgehead atoms. The molecule has 1 aromatic rings. The summed E-state index contributed by atoms with van der Waals surface area (Å²) in [4.78, 5) is 32.8. The topological polar surface area (TPSA) is 91.5 Å². The van der Waals surface area contributed by atoms with E-state index >= 15 is 0 Å². The van der Waals surface area contributed by atoms with E-state index in [0.717, 1.165) is 37.5 Å². The van der Waals surface area contributed by atoms with Crippen LogP contribution in [0.5, 0.6) is 0 Å². The van der Waals surface area contributed by atoms with Crippen molar-refractivity contribution in [2.75, 3.05) is 13.1 Å². The van der Waals surface area contributed by atoms with E-state index in [0.29, 0.717) is 11.4 Å². The summed E-state index contributed by atoms with van der Waals surface area (Å²) in [5, 5.41) is 8.55. The van der Waals surface area contributed by atoms with E-state index in [1.54, 1.807) is 6.20 Å². The molecule has 0 aliphatic carbocycles. The lowest BCUT2D eigenvalue weighted by atomic mass is 10.4. The Morgan fingerprint density at radius 2 is 2.05 bits per heavy atom. The average Bonchev–Trinajstić information content (AvgIpc) is 3.09. The lowest BCUT2D eigenvalue weighted by molar-refractivity contribution is -0.745. The number of carboxylic acids is 1. The van der Waals surface area contributed by atoms with Gasteiger partial charge in [-0.05, 0) is 12.8 Å². The van der Waals surface area contributed by atoms with E-state index in [2.05, 4.69) is 4.49 Å². The third kappa shape index (κ3) is 4.40. The molecule has 0 unspecified atom stereocenters. The third-order valence-corrected chi connectivity index (χ3v) is 3.44. The second-order valence-electron chi connectivity index (χ2n) is 3.97. The SMILES string of the molecule is C=O.O=C(O)CC[n+]1cc(C(=O)N2CCCC2)sn1. The Kier molecular flexibility index (Phi) is 6.07. The van der Waals surface area contributed by atoms with Gasteiger partial charge in [0.2, 0.25) is 6.20 Å². The van der Waals surface area contributed by atoms with Gasteiger partial charge in [0, 0.05) is 24.6 Å². The monoisotopic (exact) mass is 286 g/mol. The van der Waals surface area contributed by atoms with Crippen molar-refractivity contribution in [3.8, 4) is 0 Å². The molecule has 1 fully saturated rings. The molecule has 2 heterocycles. The van der Waals surface area contributed by atoms with Crippen LogP contribution in [0, 0.1) is 0 Å². The highest BCUT2D eigenvalue weighted by Gasteiger charge is 2.24. The predicted octanol–water partition coefficient (Wildman–Crippen LogP) is -0.0436. The van der Waals surface area contributed by atoms with Crippen molar-refractivity contribution in [1.82, 2.24) is 9.39 Å². The maximum absolute atomic E-state index is 12.0. The smallest absolute Gasteiger partial charge is 0.309 e. The normalized spacial score (nSPS) is 13.8. The minimum atomic E-state index is -0.863. The standard InChI is InChI=1S/C10H13N3O3S.CH2O/c14-9(15)3-6-13-7-8(17-11-13)10(16)12-4-1-2-5-12;1-2/h7H,1-6H2;1H2/p+1. The van der Waals surface area contributed by atoms with Crippen molar-refractivity contribution in [2.45, 2.75) is 25.8 Å². The molecule has 7 nitrogen and oxygen atoms in total. The van der Waals surface area contributed by atoms with Crippen LogP contribution in [-0.4, -0.2) is 46.2 Å². The zero-order chi connectivity index (χ0) is 14.3. The van der Waals surface area contributed by atoms with Gasteiger partial charge in [0.25, 0.3) is 5.91 Å². The van der Waals surface area contributed by atoms with Gasteiger partial charge >= 0.3 is 5.97 Å². The van der Waals surface area contributed by atoms with Crippen molar-refractivity contribution in [1.29, 1.82) is 0 Å². The van der Waals surface area contributed by atoms with Crippen molar-refractivity contribution in [3.05, 3.63) is 11.1 Å². The maximum Gasteiger partial charge on any atom is 0.309 e. The molecule has 1 N–H and O–H groups in total. The Labute approximate surface area is 114 Å². The molecule has 1 aliphatic heterocycles. The lowest BCUT2D eigenvalue weighted by Crippen LogP contribution is -2.36. The van der Waals surface area contributed by atoms with Gasteiger partial charge in [-0.3, -0.25) is 9.59 Å². The number of aliphatic carboxylic acids is 1. The predicted molar refractivity (Wildman–Crippen MR) is 66.8 cm³/mol. The lowest BCUT2D eigenvalue weighted by Gasteiger charge is -2.11. The van der Waals surface area contributed by atoms with Gasteiger partial charge in [0.1, 0.15) is 13.2 Å². The van der Waals surface area contributed by atoms with Crippen LogP contribution in [0.15, 0.2) is 6.20 Å². The molecule has 1 aliphatic rings. The first kappa shape index (κ1) is 15.2. The molecular formula is C11H16N3O4S+. The number of likely N-dealkylation sites (tertiary alicyclic amines) is 1. The summed E-state index contributed by atoms with van der Waals surface area (Å²) >= 11 is 1.12. The highest BCUT2D eigenvalue weighted by Crippen LogP contribution is 2.13. The molecule has 0 atom stereocenters. The van der Waals surface area contributed by atoms with Gasteiger partial charge in [-0.1, -0.05) is 4.68 Å². The van der Waals surface area contributed by atoms with Crippen LogP contribution in [-0.2, 0) is 16.1 Å². The molecule has 8 heteroatoms. The van der Waals surface area contributed by atoms with Gasteiger partial charge in [-0.15, -0.1) is 0 Å². The number of nitrogens with zero attached hydrogens (tertiary/aromatic N) is 3. The fraction of sp³-hybridized carbons (Fsp3) is 0.545. The molecule has 0 aromatic carbocycles. The molecule has 1 saturated heterocycles. The van der Waals surface area contributed by atoms with Gasteiger partial charge < -0.3 is 14.8 Å². The summed E-state index contributed by atoms with van der Waals surface area (Å²) in [5.74, 6) is -0.855. The largest absolute Gasteiger partial charge is 0.481 e. The highest BCUT2D eigenvalue weighted by molar-refractivity contribution is 7.07. The van der Waals surface area contributed by atoms with E-state index in [-0.39, 0.29) is 12.3 Å². The second-order valence-corrected chi connectivity index (χ2v) is 4.76. The van der Waals surface area contributed by atoms with Gasteiger partial charge in [-0.2, -0.15) is 0 Å². The first-order valence-corrected chi connectivity index (χ1v) is 6.60. The molecule has 104 valence electrons. The number of carboxylic acid groups (broad SMARTS) is 1. The first-order valence-electron chi connectivity index (χ1n) is 5.83. The van der Waals surface area contributed by atoms with Crippen LogP contribution in [0.4, 0.5) is 0 Å². The van der Waals surface area contributed by atoms with Crippen LogP contribution in [0.3, 0.4) is 0 Å². The Morgan fingerprint density at radius 1 is 1.42 bits per heavy atom. The fourth-order valence-electron chi connectivity index (χ4n) is 1.76. The number of amides is 1. The van der Waals surface area contributed by atoms with Gasteiger partial charge in [0.15, 0.2) is 11.4 Å². The van der Waals surface area contributed by atoms with Gasteiger partial charge in [-0.25, -0.2) is 0 Å². The Hall–Kier alpha value is -1.83. The van der Waals surface area contributed by atoms with E-state index in [1.165, 1.54) is 4.68 Å². The van der Waals surface area contributed by atoms with Gasteiger partial charge in [0.05, 0.1) is 4.49 Å². The molecule has 0 spiro atoms. The minimum absolute atomic E-state index is 0.00840. The number of carbonyl (C=O) groups is 3. The molecule has 2 rings (SSSR count). The molecular weight excluding hydrogens is 270 g/mol. The molecule has 19 heavy (non-hydrogen) atoms. The van der Waals surface area contributed by atoms with Crippen LogP contribution >= 0.6 is 11.5 Å². The molecule has 0 saturated carbocycles. The number of aromatic nitrogens is 2. The van der Waals surface area contributed by atoms with Crippen LogP contribution in [0.25, 0.3) is 0 Å². The Morgan fingerprint density at radius 3 is 2.63 bits per heavy atom. The Balaban J connectivity index is 0.000000861. The summed E-state index contributed by atoms with van der Waals surface area (Å²) in [6.45, 7) is 3.93. The quantitative estimate of drug-likeness (QED) is 0.784. The number of carbonyl (C=O) groups excluding carboxylic acids is 2. The minimum Gasteiger partial charge on any atom is -0.481 e. The van der Waals surface area contributed by atoms with Crippen LogP contribution < -0.4 is 4.68 Å². The zero-order valence-corrected chi connectivity index (χ0v) is 11.3. The number of aryl methyl sites for hydroxylation is 1. The maximum atomic E-state index is 12.0. The van der Waals surface area contributed by atoms with Crippen LogP contribution in [0.2, 0.25) is 0 Å². The van der Waals surface area contributed by atoms with E-state index in [9.17, 15) is 9.59 Å². The third-order valence-electron chi connectivity index (χ3n) is 2.67. The Bertz CT molecular complexity index is 443. The number of hydrogen-bond acceptors (Lipinski definition) is 5. The summed E-state index contributed by atoms with van der Waals surface area (Å²) in [6, 6.07) is 0. The summed E-state index contributed by atoms with van der Waals surface area (Å²) in [7, 11) is 0. The van der Waals surface area contributed by atoms with E-state index < -0.39 is 5.97 Å². The van der Waals surface area contributed by atoms with Crippen molar-refractivity contribution in [3.63, 3.8) is 0 Å². The number of hydrogen-bond donors (Lipinski definition) is 1. The summed E-state index contributed by atoms with van der Waals surface area (Å²) < 4.78 is 5.54. The van der Waals surface area contributed by atoms with E-state index in [1.807, 2.05) is 11.7 Å². The van der Waals surface area contributed by atoms with E-state index in [4.69, 9.17) is 9.90 Å². The van der Waals surface area contributed by atoms with Crippen molar-refractivity contribution in [2.24, 2.45) is 0 Å². The molecule has 1 aromatic heterocycles. The summed E-state index contributed by atoms with van der Waals surface area (Å²) in [6.07, 6.45) is 3.77. The first-order chi connectivity index (χ1) is 9.16. The fourth-order valence-corrected chi connectivity index (χ4v) is 2.46.